The summed E-state index contributed by atoms with van der Waals surface area (Å²) in [6, 6.07) is 21.0. The Hall–Kier alpha value is -4.59. The van der Waals surface area contributed by atoms with Crippen LogP contribution in [0, 0.1) is 5.82 Å². The Labute approximate surface area is 213 Å². The molecule has 0 unspecified atom stereocenters. The maximum absolute atomic E-state index is 13.3. The SMILES string of the molecule is C[C@@H](Cc1ccccc1)c1nnc(-c2cc(C(=O)N[C@H](C)c3ccc(F)cc3)cc(-c3ncco3)c2)o1. The molecule has 0 bridgehead atoms. The molecule has 0 aliphatic carbocycles. The van der Waals surface area contributed by atoms with Crippen LogP contribution >= 0.6 is 0 Å². The summed E-state index contributed by atoms with van der Waals surface area (Å²) >= 11 is 0. The van der Waals surface area contributed by atoms with E-state index in [2.05, 4.69) is 32.6 Å². The summed E-state index contributed by atoms with van der Waals surface area (Å²) in [6.07, 6.45) is 3.76. The Kier molecular flexibility index (Phi) is 6.89. The number of hydrogen-bond acceptors (Lipinski definition) is 6. The molecule has 8 heteroatoms. The Morgan fingerprint density at radius 3 is 2.38 bits per heavy atom. The molecule has 0 spiro atoms. The van der Waals surface area contributed by atoms with Crippen molar-refractivity contribution in [3.05, 3.63) is 114 Å². The van der Waals surface area contributed by atoms with Gasteiger partial charge in [-0.2, -0.15) is 0 Å². The minimum absolute atomic E-state index is 0.0119. The van der Waals surface area contributed by atoms with Crippen LogP contribution in [0.2, 0.25) is 0 Å². The van der Waals surface area contributed by atoms with Crippen LogP contribution in [0.5, 0.6) is 0 Å². The van der Waals surface area contributed by atoms with Gasteiger partial charge in [0.15, 0.2) is 0 Å². The van der Waals surface area contributed by atoms with Gasteiger partial charge in [0.1, 0.15) is 12.1 Å². The van der Waals surface area contributed by atoms with Crippen molar-refractivity contribution in [3.8, 4) is 22.9 Å². The second-order valence-electron chi connectivity index (χ2n) is 8.92. The minimum atomic E-state index is -0.337. The molecule has 0 saturated carbocycles. The number of carbonyl (C=O) groups is 1. The lowest BCUT2D eigenvalue weighted by Gasteiger charge is -2.15. The van der Waals surface area contributed by atoms with Gasteiger partial charge >= 0.3 is 0 Å². The number of aromatic nitrogens is 3. The molecule has 0 radical (unpaired) electrons. The molecule has 37 heavy (non-hydrogen) atoms. The van der Waals surface area contributed by atoms with Crippen molar-refractivity contribution >= 4 is 5.91 Å². The number of hydrogen-bond donors (Lipinski definition) is 1. The van der Waals surface area contributed by atoms with Gasteiger partial charge in [0.05, 0.1) is 12.2 Å². The van der Waals surface area contributed by atoms with Crippen LogP contribution in [-0.4, -0.2) is 21.1 Å². The summed E-state index contributed by atoms with van der Waals surface area (Å²) in [5.41, 5.74) is 3.50. The molecule has 2 atom stereocenters. The largest absolute Gasteiger partial charge is 0.445 e. The number of rotatable bonds is 8. The first-order valence-corrected chi connectivity index (χ1v) is 12.0. The first kappa shape index (κ1) is 24.1. The smallest absolute Gasteiger partial charge is 0.251 e. The van der Waals surface area contributed by atoms with Crippen molar-refractivity contribution in [1.29, 1.82) is 0 Å². The molecule has 0 aliphatic rings. The molecule has 5 aromatic rings. The van der Waals surface area contributed by atoms with Crippen molar-refractivity contribution < 1.29 is 18.0 Å². The van der Waals surface area contributed by atoms with Crippen LogP contribution in [0.3, 0.4) is 0 Å². The molecule has 2 heterocycles. The monoisotopic (exact) mass is 496 g/mol. The molecule has 186 valence electrons. The molecule has 0 aliphatic heterocycles. The fraction of sp³-hybridized carbons (Fsp3) is 0.172. The van der Waals surface area contributed by atoms with Crippen molar-refractivity contribution in [3.63, 3.8) is 0 Å². The van der Waals surface area contributed by atoms with E-state index in [1.807, 2.05) is 32.0 Å². The summed E-state index contributed by atoms with van der Waals surface area (Å²) in [5.74, 6) is 0.532. The van der Waals surface area contributed by atoms with E-state index in [1.54, 1.807) is 30.3 Å². The fourth-order valence-electron chi connectivity index (χ4n) is 4.09. The maximum Gasteiger partial charge on any atom is 0.251 e. The van der Waals surface area contributed by atoms with Crippen molar-refractivity contribution in [2.24, 2.45) is 0 Å². The van der Waals surface area contributed by atoms with E-state index in [1.165, 1.54) is 30.2 Å². The molecule has 5 rings (SSSR count). The molecule has 0 saturated heterocycles. The summed E-state index contributed by atoms with van der Waals surface area (Å²) in [4.78, 5) is 17.4. The van der Waals surface area contributed by atoms with Gasteiger partial charge < -0.3 is 14.2 Å². The van der Waals surface area contributed by atoms with Crippen LogP contribution < -0.4 is 5.32 Å². The third-order valence-electron chi connectivity index (χ3n) is 6.09. The maximum atomic E-state index is 13.3. The molecular weight excluding hydrogens is 471 g/mol. The van der Waals surface area contributed by atoms with E-state index < -0.39 is 0 Å². The van der Waals surface area contributed by atoms with Gasteiger partial charge in [-0.25, -0.2) is 9.37 Å². The molecular formula is C29H25FN4O3. The first-order valence-electron chi connectivity index (χ1n) is 12.0. The van der Waals surface area contributed by atoms with Gasteiger partial charge in [-0.05, 0) is 54.8 Å². The van der Waals surface area contributed by atoms with E-state index >= 15 is 0 Å². The highest BCUT2D eigenvalue weighted by Gasteiger charge is 2.20. The minimum Gasteiger partial charge on any atom is -0.445 e. The Balaban J connectivity index is 1.42. The topological polar surface area (TPSA) is 94.1 Å². The number of halogens is 1. The number of nitrogens with one attached hydrogen (secondary N) is 1. The van der Waals surface area contributed by atoms with E-state index in [0.29, 0.717) is 34.4 Å². The normalized spacial score (nSPS) is 12.7. The second-order valence-corrected chi connectivity index (χ2v) is 8.92. The van der Waals surface area contributed by atoms with E-state index in [0.717, 1.165) is 12.0 Å². The predicted molar refractivity (Wildman–Crippen MR) is 136 cm³/mol. The number of amides is 1. The summed E-state index contributed by atoms with van der Waals surface area (Å²) in [5, 5.41) is 11.5. The summed E-state index contributed by atoms with van der Waals surface area (Å²) in [7, 11) is 0. The van der Waals surface area contributed by atoms with Gasteiger partial charge in [0.25, 0.3) is 5.91 Å². The Morgan fingerprint density at radius 2 is 1.68 bits per heavy atom. The van der Waals surface area contributed by atoms with E-state index in [9.17, 15) is 9.18 Å². The standard InChI is InChI=1S/C29H25FN4O3/c1-18(14-20-6-4-3-5-7-20)27-33-34-29(37-27)24-16-22(15-23(17-24)28-31-12-13-36-28)26(35)32-19(2)21-8-10-25(30)11-9-21/h3-13,15-19H,14H2,1-2H3,(H,32,35)/t18-,19+/m0/s1. The van der Waals surface area contributed by atoms with Gasteiger partial charge in [-0.3, -0.25) is 4.79 Å². The summed E-state index contributed by atoms with van der Waals surface area (Å²) < 4.78 is 24.8. The van der Waals surface area contributed by atoms with Crippen molar-refractivity contribution in [1.82, 2.24) is 20.5 Å². The molecule has 3 aromatic carbocycles. The quantitative estimate of drug-likeness (QED) is 0.268. The lowest BCUT2D eigenvalue weighted by molar-refractivity contribution is 0.0940. The van der Waals surface area contributed by atoms with Crippen LogP contribution in [0.15, 0.2) is 94.1 Å². The zero-order valence-electron chi connectivity index (χ0n) is 20.4. The molecule has 7 nitrogen and oxygen atoms in total. The summed E-state index contributed by atoms with van der Waals surface area (Å²) in [6.45, 7) is 3.87. The van der Waals surface area contributed by atoms with Crippen molar-refractivity contribution in [2.75, 3.05) is 0 Å². The highest BCUT2D eigenvalue weighted by molar-refractivity contribution is 5.96. The van der Waals surface area contributed by atoms with Gasteiger partial charge in [0.2, 0.25) is 17.7 Å². The number of oxazole rings is 1. The van der Waals surface area contributed by atoms with Crippen LogP contribution in [0.1, 0.15) is 53.2 Å². The average molecular weight is 497 g/mol. The Bertz CT molecular complexity index is 1480. The first-order chi connectivity index (χ1) is 18.0. The predicted octanol–water partition coefficient (Wildman–Crippen LogP) is 6.37. The number of carbonyl (C=O) groups excluding carboxylic acids is 1. The van der Waals surface area contributed by atoms with Crippen LogP contribution in [-0.2, 0) is 6.42 Å². The second kappa shape index (κ2) is 10.6. The van der Waals surface area contributed by atoms with Gasteiger partial charge in [0, 0.05) is 22.6 Å². The average Bonchev–Trinajstić information content (AvgIpc) is 3.62. The third-order valence-corrected chi connectivity index (χ3v) is 6.09. The van der Waals surface area contributed by atoms with E-state index in [-0.39, 0.29) is 23.7 Å². The van der Waals surface area contributed by atoms with Crippen molar-refractivity contribution in [2.45, 2.75) is 32.2 Å². The fourth-order valence-corrected chi connectivity index (χ4v) is 4.09. The molecule has 2 aromatic heterocycles. The number of benzene rings is 3. The van der Waals surface area contributed by atoms with E-state index in [4.69, 9.17) is 8.83 Å². The van der Waals surface area contributed by atoms with Crippen LogP contribution in [0.4, 0.5) is 4.39 Å². The zero-order chi connectivity index (χ0) is 25.8. The lowest BCUT2D eigenvalue weighted by Crippen LogP contribution is -2.26. The Morgan fingerprint density at radius 1 is 0.946 bits per heavy atom. The molecule has 0 fully saturated rings. The molecule has 1 amide bonds. The van der Waals surface area contributed by atoms with Crippen LogP contribution in [0.25, 0.3) is 22.9 Å². The number of nitrogens with zero attached hydrogens (tertiary/aromatic N) is 3. The van der Waals surface area contributed by atoms with Gasteiger partial charge in [-0.15, -0.1) is 10.2 Å². The highest BCUT2D eigenvalue weighted by Crippen LogP contribution is 2.29. The van der Waals surface area contributed by atoms with Gasteiger partial charge in [-0.1, -0.05) is 49.4 Å². The highest BCUT2D eigenvalue weighted by atomic mass is 19.1. The zero-order valence-corrected chi connectivity index (χ0v) is 20.4. The third kappa shape index (κ3) is 5.64. The molecule has 1 N–H and O–H groups in total. The lowest BCUT2D eigenvalue weighted by atomic mass is 10.0.